The number of benzene rings is 1. The molecule has 0 saturated carbocycles. The molecule has 0 unspecified atom stereocenters. The first-order chi connectivity index (χ1) is 13.9. The van der Waals surface area contributed by atoms with Crippen LogP contribution in [0.15, 0.2) is 29.4 Å². The Hall–Kier alpha value is -1.90. The standard InChI is InChI=1S/C18H23F4N5O2S.HI/c1-4-23-17(25-9-14-10-27(2)26-16(14)18(20,21)22)24-8-13-7-15(19)6-5-12(13)11-30(3,28)29;/h5-7,10H,4,8-9,11H2,1-3H3,(H2,23,24,25);1H. The molecule has 0 aliphatic heterocycles. The van der Waals surface area contributed by atoms with E-state index < -0.39 is 27.5 Å². The Bertz CT molecular complexity index is 1020. The number of aromatic nitrogens is 2. The largest absolute Gasteiger partial charge is 0.435 e. The van der Waals surface area contributed by atoms with Gasteiger partial charge in [0.25, 0.3) is 0 Å². The lowest BCUT2D eigenvalue weighted by atomic mass is 10.1. The summed E-state index contributed by atoms with van der Waals surface area (Å²) in [6.07, 6.45) is -2.28. The first-order valence-corrected chi connectivity index (χ1v) is 11.0. The quantitative estimate of drug-likeness (QED) is 0.229. The minimum absolute atomic E-state index is 0. The summed E-state index contributed by atoms with van der Waals surface area (Å²) in [4.78, 5) is 4.14. The van der Waals surface area contributed by atoms with Gasteiger partial charge < -0.3 is 10.6 Å². The maximum absolute atomic E-state index is 13.6. The van der Waals surface area contributed by atoms with E-state index in [1.54, 1.807) is 6.92 Å². The van der Waals surface area contributed by atoms with E-state index in [9.17, 15) is 26.0 Å². The second kappa shape index (κ2) is 11.1. The minimum atomic E-state index is -4.60. The zero-order valence-electron chi connectivity index (χ0n) is 17.1. The van der Waals surface area contributed by atoms with Crippen LogP contribution in [-0.2, 0) is 41.9 Å². The fraction of sp³-hybridized carbons (Fsp3) is 0.444. The van der Waals surface area contributed by atoms with Gasteiger partial charge in [0, 0.05) is 38.2 Å². The molecule has 0 saturated heterocycles. The zero-order valence-corrected chi connectivity index (χ0v) is 20.3. The van der Waals surface area contributed by atoms with Gasteiger partial charge in [-0.1, -0.05) is 6.07 Å². The summed E-state index contributed by atoms with van der Waals surface area (Å²) in [5.41, 5.74) is -0.270. The van der Waals surface area contributed by atoms with Gasteiger partial charge in [-0.2, -0.15) is 18.3 Å². The highest BCUT2D eigenvalue weighted by molar-refractivity contribution is 14.0. The predicted octanol–water partition coefficient (Wildman–Crippen LogP) is 3.00. The summed E-state index contributed by atoms with van der Waals surface area (Å²) in [7, 11) is -1.95. The van der Waals surface area contributed by atoms with Crippen molar-refractivity contribution in [1.29, 1.82) is 0 Å². The average Bonchev–Trinajstić information content (AvgIpc) is 2.99. The molecule has 31 heavy (non-hydrogen) atoms. The van der Waals surface area contributed by atoms with E-state index in [1.807, 2.05) is 0 Å². The fourth-order valence-electron chi connectivity index (χ4n) is 2.76. The van der Waals surface area contributed by atoms with Crippen molar-refractivity contribution in [2.75, 3.05) is 12.8 Å². The molecule has 0 atom stereocenters. The summed E-state index contributed by atoms with van der Waals surface area (Å²) < 4.78 is 77.2. The zero-order chi connectivity index (χ0) is 22.5. The van der Waals surface area contributed by atoms with Crippen molar-refractivity contribution in [3.63, 3.8) is 0 Å². The van der Waals surface area contributed by atoms with Crippen LogP contribution in [0.2, 0.25) is 0 Å². The van der Waals surface area contributed by atoms with Crippen LogP contribution in [0.1, 0.15) is 29.3 Å². The lowest BCUT2D eigenvalue weighted by Crippen LogP contribution is -2.37. The highest BCUT2D eigenvalue weighted by Crippen LogP contribution is 2.30. The van der Waals surface area contributed by atoms with Crippen LogP contribution in [0, 0.1) is 5.82 Å². The van der Waals surface area contributed by atoms with Gasteiger partial charge in [-0.05, 0) is 30.2 Å². The lowest BCUT2D eigenvalue weighted by Gasteiger charge is -2.14. The maximum atomic E-state index is 13.6. The third-order valence-corrected chi connectivity index (χ3v) is 4.79. The van der Waals surface area contributed by atoms with Crippen molar-refractivity contribution in [3.05, 3.63) is 52.6 Å². The molecule has 1 heterocycles. The average molecular weight is 577 g/mol. The van der Waals surface area contributed by atoms with Crippen LogP contribution >= 0.6 is 24.0 Å². The summed E-state index contributed by atoms with van der Waals surface area (Å²) in [5.74, 6) is -0.594. The molecule has 2 aromatic rings. The molecule has 0 aliphatic rings. The Morgan fingerprint density at radius 2 is 1.87 bits per heavy atom. The molecule has 0 aliphatic carbocycles. The van der Waals surface area contributed by atoms with Gasteiger partial charge in [0.2, 0.25) is 0 Å². The number of nitrogens with zero attached hydrogens (tertiary/aromatic N) is 3. The Kier molecular flexibility index (Phi) is 9.72. The minimum Gasteiger partial charge on any atom is -0.357 e. The molecular weight excluding hydrogens is 553 g/mol. The Labute approximate surface area is 195 Å². The third kappa shape index (κ3) is 8.63. The molecule has 1 aromatic heterocycles. The lowest BCUT2D eigenvalue weighted by molar-refractivity contribution is -0.142. The second-order valence-electron chi connectivity index (χ2n) is 6.71. The summed E-state index contributed by atoms with van der Waals surface area (Å²) in [6, 6.07) is 3.77. The molecule has 0 radical (unpaired) electrons. The molecule has 1 aromatic carbocycles. The maximum Gasteiger partial charge on any atom is 0.435 e. The third-order valence-electron chi connectivity index (χ3n) is 3.96. The molecule has 0 spiro atoms. The SMILES string of the molecule is CCNC(=NCc1cn(C)nc1C(F)(F)F)NCc1cc(F)ccc1CS(C)(=O)=O.I. The number of alkyl halides is 3. The molecule has 0 amide bonds. The number of sulfone groups is 1. The van der Waals surface area contributed by atoms with Gasteiger partial charge >= 0.3 is 6.18 Å². The van der Waals surface area contributed by atoms with Gasteiger partial charge in [-0.25, -0.2) is 17.8 Å². The molecule has 0 fully saturated rings. The summed E-state index contributed by atoms with van der Waals surface area (Å²) >= 11 is 0. The van der Waals surface area contributed by atoms with Crippen LogP contribution in [0.3, 0.4) is 0 Å². The van der Waals surface area contributed by atoms with E-state index in [1.165, 1.54) is 31.4 Å². The number of hydrogen-bond acceptors (Lipinski definition) is 4. The number of nitrogens with one attached hydrogen (secondary N) is 2. The van der Waals surface area contributed by atoms with Crippen molar-refractivity contribution >= 4 is 39.8 Å². The Balaban J connectivity index is 0.00000480. The van der Waals surface area contributed by atoms with E-state index >= 15 is 0 Å². The molecule has 0 bridgehead atoms. The first-order valence-electron chi connectivity index (χ1n) is 8.96. The van der Waals surface area contributed by atoms with Crippen LogP contribution < -0.4 is 10.6 Å². The molecule has 174 valence electrons. The fourth-order valence-corrected chi connectivity index (χ4v) is 3.61. The monoisotopic (exact) mass is 577 g/mol. The number of aryl methyl sites for hydroxylation is 1. The second-order valence-corrected chi connectivity index (χ2v) is 8.85. The van der Waals surface area contributed by atoms with Gasteiger partial charge in [0.1, 0.15) is 5.82 Å². The highest BCUT2D eigenvalue weighted by atomic mass is 127. The van der Waals surface area contributed by atoms with Gasteiger partial charge in [-0.15, -0.1) is 24.0 Å². The van der Waals surface area contributed by atoms with E-state index in [4.69, 9.17) is 0 Å². The van der Waals surface area contributed by atoms with Gasteiger partial charge in [0.05, 0.1) is 12.3 Å². The number of aliphatic imine (C=N–C) groups is 1. The van der Waals surface area contributed by atoms with Crippen molar-refractivity contribution in [3.8, 4) is 0 Å². The number of rotatable bonds is 7. The normalized spacial score (nSPS) is 12.4. The molecule has 2 rings (SSSR count). The van der Waals surface area contributed by atoms with Crippen molar-refractivity contribution in [2.24, 2.45) is 12.0 Å². The molecule has 13 heteroatoms. The molecular formula is C18H24F4IN5O2S. The topological polar surface area (TPSA) is 88.4 Å². The van der Waals surface area contributed by atoms with Crippen LogP contribution in [-0.4, -0.2) is 37.0 Å². The molecule has 2 N–H and O–H groups in total. The van der Waals surface area contributed by atoms with Crippen molar-refractivity contribution < 1.29 is 26.0 Å². The van der Waals surface area contributed by atoms with Crippen molar-refractivity contribution in [1.82, 2.24) is 20.4 Å². The Morgan fingerprint density at radius 1 is 1.19 bits per heavy atom. The number of halogens is 5. The van der Waals surface area contributed by atoms with Crippen molar-refractivity contribution in [2.45, 2.75) is 31.9 Å². The van der Waals surface area contributed by atoms with Crippen LogP contribution in [0.4, 0.5) is 17.6 Å². The first kappa shape index (κ1) is 27.1. The van der Waals surface area contributed by atoms with Crippen LogP contribution in [0.5, 0.6) is 0 Å². The highest BCUT2D eigenvalue weighted by Gasteiger charge is 2.36. The predicted molar refractivity (Wildman–Crippen MR) is 120 cm³/mol. The molecule has 7 nitrogen and oxygen atoms in total. The van der Waals surface area contributed by atoms with E-state index in [-0.39, 0.29) is 54.3 Å². The van der Waals surface area contributed by atoms with Crippen LogP contribution in [0.25, 0.3) is 0 Å². The van der Waals surface area contributed by atoms with Gasteiger partial charge in [-0.3, -0.25) is 4.68 Å². The number of guanidine groups is 1. The van der Waals surface area contributed by atoms with Gasteiger partial charge in [0.15, 0.2) is 21.5 Å². The van der Waals surface area contributed by atoms with E-state index in [2.05, 4.69) is 20.7 Å². The van der Waals surface area contributed by atoms with E-state index in [0.29, 0.717) is 17.7 Å². The number of hydrogen-bond donors (Lipinski definition) is 2. The van der Waals surface area contributed by atoms with E-state index in [0.717, 1.165) is 10.9 Å². The Morgan fingerprint density at radius 3 is 2.45 bits per heavy atom. The summed E-state index contributed by atoms with van der Waals surface area (Å²) in [6.45, 7) is 1.97. The smallest absolute Gasteiger partial charge is 0.357 e. The summed E-state index contributed by atoms with van der Waals surface area (Å²) in [5, 5.41) is 9.22.